The summed E-state index contributed by atoms with van der Waals surface area (Å²) in [6.07, 6.45) is 2.41. The van der Waals surface area contributed by atoms with Gasteiger partial charge in [-0.2, -0.15) is 10.1 Å². The number of aromatic nitrogens is 3. The molecule has 24 heavy (non-hydrogen) atoms. The van der Waals surface area contributed by atoms with Gasteiger partial charge in [-0.15, -0.1) is 0 Å². The van der Waals surface area contributed by atoms with Crippen molar-refractivity contribution >= 4 is 11.7 Å². The fourth-order valence-electron chi connectivity index (χ4n) is 3.15. The zero-order valence-electron chi connectivity index (χ0n) is 13.9. The standard InChI is InChI=1S/C20H20N4/c1-14(2)15-8-10-17(11-9-15)19-12-18(16-6-4-3-5-7-16)23-20-21-13-22-24(19)20/h3-11,13-14,19H,12H2,1-2H3. The Kier molecular flexibility index (Phi) is 3.73. The van der Waals surface area contributed by atoms with E-state index in [1.165, 1.54) is 11.1 Å². The van der Waals surface area contributed by atoms with Gasteiger partial charge in [0.05, 0.1) is 11.8 Å². The quantitative estimate of drug-likeness (QED) is 0.713. The van der Waals surface area contributed by atoms with E-state index in [0.717, 1.165) is 17.7 Å². The lowest BCUT2D eigenvalue weighted by Crippen LogP contribution is -2.21. The molecule has 4 nitrogen and oxygen atoms in total. The van der Waals surface area contributed by atoms with Crippen LogP contribution in [-0.2, 0) is 0 Å². The van der Waals surface area contributed by atoms with Crippen LogP contribution in [0.25, 0.3) is 0 Å². The monoisotopic (exact) mass is 316 g/mol. The van der Waals surface area contributed by atoms with Crippen LogP contribution in [-0.4, -0.2) is 20.5 Å². The van der Waals surface area contributed by atoms with Gasteiger partial charge in [-0.05, 0) is 22.6 Å². The van der Waals surface area contributed by atoms with Crippen LogP contribution < -0.4 is 0 Å². The Morgan fingerprint density at radius 3 is 2.46 bits per heavy atom. The van der Waals surface area contributed by atoms with E-state index < -0.39 is 0 Å². The average Bonchev–Trinajstić information content (AvgIpc) is 3.10. The van der Waals surface area contributed by atoms with Crippen LogP contribution in [0.2, 0.25) is 0 Å². The van der Waals surface area contributed by atoms with Gasteiger partial charge < -0.3 is 0 Å². The molecule has 2 aromatic carbocycles. The number of nitrogens with zero attached hydrogens (tertiary/aromatic N) is 4. The van der Waals surface area contributed by atoms with Crippen molar-refractivity contribution in [2.24, 2.45) is 4.99 Å². The molecule has 0 fully saturated rings. The van der Waals surface area contributed by atoms with Gasteiger partial charge in [-0.1, -0.05) is 68.4 Å². The first kappa shape index (κ1) is 14.8. The van der Waals surface area contributed by atoms with Gasteiger partial charge in [0.2, 0.25) is 5.95 Å². The molecule has 120 valence electrons. The Morgan fingerprint density at radius 2 is 1.75 bits per heavy atom. The van der Waals surface area contributed by atoms with E-state index in [9.17, 15) is 0 Å². The van der Waals surface area contributed by atoms with E-state index in [0.29, 0.717) is 11.9 Å². The Morgan fingerprint density at radius 1 is 1.00 bits per heavy atom. The van der Waals surface area contributed by atoms with Gasteiger partial charge in [0, 0.05) is 6.42 Å². The first-order chi connectivity index (χ1) is 11.7. The molecule has 0 bridgehead atoms. The van der Waals surface area contributed by atoms with Crippen molar-refractivity contribution in [1.29, 1.82) is 0 Å². The number of benzene rings is 2. The molecular formula is C20H20N4. The summed E-state index contributed by atoms with van der Waals surface area (Å²) >= 11 is 0. The third kappa shape index (κ3) is 2.64. The minimum absolute atomic E-state index is 0.136. The van der Waals surface area contributed by atoms with Gasteiger partial charge in [0.25, 0.3) is 0 Å². The molecule has 3 aromatic rings. The van der Waals surface area contributed by atoms with E-state index in [1.54, 1.807) is 6.33 Å². The van der Waals surface area contributed by atoms with E-state index in [1.807, 2.05) is 22.9 Å². The maximum Gasteiger partial charge on any atom is 0.248 e. The van der Waals surface area contributed by atoms with Crippen LogP contribution in [0.15, 0.2) is 65.9 Å². The lowest BCUT2D eigenvalue weighted by molar-refractivity contribution is 0.531. The average molecular weight is 316 g/mol. The molecule has 4 rings (SSSR count). The predicted molar refractivity (Wildman–Crippen MR) is 95.9 cm³/mol. The van der Waals surface area contributed by atoms with Crippen LogP contribution in [0, 0.1) is 0 Å². The van der Waals surface area contributed by atoms with Crippen LogP contribution >= 0.6 is 0 Å². The molecule has 0 spiro atoms. The SMILES string of the molecule is CC(C)c1ccc(C2CC(c3ccccc3)=Nc3ncnn32)cc1. The highest BCUT2D eigenvalue weighted by atomic mass is 15.4. The summed E-state index contributed by atoms with van der Waals surface area (Å²) < 4.78 is 1.93. The largest absolute Gasteiger partial charge is 0.248 e. The second-order valence-corrected chi connectivity index (χ2v) is 6.47. The van der Waals surface area contributed by atoms with E-state index in [-0.39, 0.29) is 6.04 Å². The topological polar surface area (TPSA) is 43.1 Å². The minimum Gasteiger partial charge on any atom is -0.222 e. The first-order valence-corrected chi connectivity index (χ1v) is 8.34. The number of rotatable bonds is 3. The molecule has 1 unspecified atom stereocenters. The van der Waals surface area contributed by atoms with Crippen molar-refractivity contribution in [2.45, 2.75) is 32.2 Å². The summed E-state index contributed by atoms with van der Waals surface area (Å²) in [6, 6.07) is 19.3. The van der Waals surface area contributed by atoms with E-state index in [4.69, 9.17) is 4.99 Å². The molecule has 0 aliphatic carbocycles. The van der Waals surface area contributed by atoms with Gasteiger partial charge in [-0.25, -0.2) is 9.67 Å². The molecule has 1 aliphatic heterocycles. The van der Waals surface area contributed by atoms with E-state index >= 15 is 0 Å². The van der Waals surface area contributed by atoms with Gasteiger partial charge in [0.15, 0.2) is 0 Å². The third-order valence-corrected chi connectivity index (χ3v) is 4.57. The van der Waals surface area contributed by atoms with Gasteiger partial charge in [-0.3, -0.25) is 0 Å². The second-order valence-electron chi connectivity index (χ2n) is 6.47. The highest BCUT2D eigenvalue weighted by Gasteiger charge is 2.26. The molecule has 0 N–H and O–H groups in total. The highest BCUT2D eigenvalue weighted by Crippen LogP contribution is 2.32. The Hall–Kier alpha value is -2.75. The molecule has 0 amide bonds. The lowest BCUT2D eigenvalue weighted by atomic mass is 9.94. The second kappa shape index (κ2) is 6.04. The Balaban J connectivity index is 1.73. The smallest absolute Gasteiger partial charge is 0.222 e. The van der Waals surface area contributed by atoms with Crippen molar-refractivity contribution in [2.75, 3.05) is 0 Å². The maximum atomic E-state index is 4.70. The van der Waals surface area contributed by atoms with Crippen LogP contribution in [0.1, 0.15) is 48.9 Å². The molecule has 2 heterocycles. The van der Waals surface area contributed by atoms with Crippen molar-refractivity contribution in [1.82, 2.24) is 14.8 Å². The fraction of sp³-hybridized carbons (Fsp3) is 0.250. The zero-order chi connectivity index (χ0) is 16.5. The summed E-state index contributed by atoms with van der Waals surface area (Å²) in [6.45, 7) is 4.43. The zero-order valence-corrected chi connectivity index (χ0v) is 13.9. The van der Waals surface area contributed by atoms with Gasteiger partial charge in [0.1, 0.15) is 6.33 Å². The molecule has 1 aromatic heterocycles. The summed E-state index contributed by atoms with van der Waals surface area (Å²) in [7, 11) is 0. The number of hydrogen-bond acceptors (Lipinski definition) is 3. The summed E-state index contributed by atoms with van der Waals surface area (Å²) in [4.78, 5) is 9.02. The van der Waals surface area contributed by atoms with E-state index in [2.05, 4.69) is 60.3 Å². The number of hydrogen-bond donors (Lipinski definition) is 0. The molecule has 4 heteroatoms. The van der Waals surface area contributed by atoms with Crippen molar-refractivity contribution in [3.63, 3.8) is 0 Å². The van der Waals surface area contributed by atoms with Crippen molar-refractivity contribution in [3.05, 3.63) is 77.6 Å². The molecule has 0 saturated heterocycles. The van der Waals surface area contributed by atoms with Crippen LogP contribution in [0.5, 0.6) is 0 Å². The van der Waals surface area contributed by atoms with Crippen molar-refractivity contribution in [3.8, 4) is 0 Å². The molecular weight excluding hydrogens is 296 g/mol. The number of fused-ring (bicyclic) bond motifs is 1. The third-order valence-electron chi connectivity index (χ3n) is 4.57. The highest BCUT2D eigenvalue weighted by molar-refractivity contribution is 6.02. The lowest BCUT2D eigenvalue weighted by Gasteiger charge is -2.24. The van der Waals surface area contributed by atoms with Gasteiger partial charge >= 0.3 is 0 Å². The fourth-order valence-corrected chi connectivity index (χ4v) is 3.15. The molecule has 0 radical (unpaired) electrons. The Bertz CT molecular complexity index is 860. The number of aliphatic imine (C=N–C) groups is 1. The summed E-state index contributed by atoms with van der Waals surface area (Å²) in [5.74, 6) is 1.21. The van der Waals surface area contributed by atoms with Crippen LogP contribution in [0.4, 0.5) is 5.95 Å². The minimum atomic E-state index is 0.136. The maximum absolute atomic E-state index is 4.70. The predicted octanol–water partition coefficient (Wildman–Crippen LogP) is 4.52. The summed E-state index contributed by atoms with van der Waals surface area (Å²) in [5, 5.41) is 4.40. The molecule has 1 aliphatic rings. The summed E-state index contributed by atoms with van der Waals surface area (Å²) in [5.41, 5.74) is 4.81. The normalized spacial score (nSPS) is 16.8. The molecule has 1 atom stereocenters. The van der Waals surface area contributed by atoms with Crippen molar-refractivity contribution < 1.29 is 0 Å². The van der Waals surface area contributed by atoms with Crippen LogP contribution in [0.3, 0.4) is 0 Å². The molecule has 0 saturated carbocycles. The Labute approximate surface area is 141 Å². The first-order valence-electron chi connectivity index (χ1n) is 8.34.